The van der Waals surface area contributed by atoms with Gasteiger partial charge in [0, 0.05) is 18.0 Å². The Kier molecular flexibility index (Phi) is 4.04. The fourth-order valence-corrected chi connectivity index (χ4v) is 3.22. The number of carbonyl (C=O) groups is 2. The van der Waals surface area contributed by atoms with Crippen molar-refractivity contribution < 1.29 is 14.3 Å². The summed E-state index contributed by atoms with van der Waals surface area (Å²) < 4.78 is 5.04. The molecular formula is C14H16N2O3S. The molecule has 2 heterocycles. The van der Waals surface area contributed by atoms with Crippen LogP contribution in [0.3, 0.4) is 0 Å². The molecule has 0 unspecified atom stereocenters. The minimum atomic E-state index is -0.434. The maximum atomic E-state index is 12.0. The van der Waals surface area contributed by atoms with E-state index in [1.807, 2.05) is 19.9 Å². The molecule has 2 aromatic rings. The Morgan fingerprint density at radius 2 is 2.10 bits per heavy atom. The molecule has 0 radical (unpaired) electrons. The number of aryl methyl sites for hydroxylation is 2. The summed E-state index contributed by atoms with van der Waals surface area (Å²) in [5, 5.41) is 3.53. The molecule has 0 aliphatic heterocycles. The van der Waals surface area contributed by atoms with Crippen molar-refractivity contribution in [1.82, 2.24) is 4.98 Å². The standard InChI is InChI=1S/C14H16N2O3S/c1-5-19-14(18)12-11(16-9(4)17)10-7(2)6-8(3)15-13(10)20-12/h6H,5H2,1-4H3,(H,16,17). The van der Waals surface area contributed by atoms with Crippen molar-refractivity contribution >= 4 is 39.1 Å². The van der Waals surface area contributed by atoms with E-state index in [-0.39, 0.29) is 12.5 Å². The number of fused-ring (bicyclic) bond motifs is 1. The molecule has 0 atom stereocenters. The van der Waals surface area contributed by atoms with Crippen molar-refractivity contribution in [2.75, 3.05) is 11.9 Å². The van der Waals surface area contributed by atoms with Gasteiger partial charge in [-0.15, -0.1) is 11.3 Å². The summed E-state index contributed by atoms with van der Waals surface area (Å²) in [7, 11) is 0. The van der Waals surface area contributed by atoms with E-state index in [2.05, 4.69) is 10.3 Å². The van der Waals surface area contributed by atoms with Crippen LogP contribution < -0.4 is 5.32 Å². The largest absolute Gasteiger partial charge is 0.462 e. The predicted molar refractivity (Wildman–Crippen MR) is 79.4 cm³/mol. The second kappa shape index (κ2) is 5.58. The molecule has 0 spiro atoms. The van der Waals surface area contributed by atoms with E-state index in [1.54, 1.807) is 6.92 Å². The van der Waals surface area contributed by atoms with E-state index in [0.717, 1.165) is 21.5 Å². The third-order valence-corrected chi connectivity index (χ3v) is 3.81. The topological polar surface area (TPSA) is 68.3 Å². The zero-order chi connectivity index (χ0) is 14.9. The highest BCUT2D eigenvalue weighted by atomic mass is 32.1. The van der Waals surface area contributed by atoms with Gasteiger partial charge in [-0.1, -0.05) is 0 Å². The molecule has 1 amide bonds. The van der Waals surface area contributed by atoms with Crippen LogP contribution in [-0.4, -0.2) is 23.5 Å². The fourth-order valence-electron chi connectivity index (χ4n) is 2.08. The minimum absolute atomic E-state index is 0.227. The van der Waals surface area contributed by atoms with E-state index in [9.17, 15) is 9.59 Å². The Hall–Kier alpha value is -1.95. The van der Waals surface area contributed by atoms with Gasteiger partial charge < -0.3 is 10.1 Å². The second-order valence-electron chi connectivity index (χ2n) is 4.47. The summed E-state index contributed by atoms with van der Waals surface area (Å²) in [6.45, 7) is 7.28. The molecule has 0 saturated heterocycles. The number of rotatable bonds is 3. The smallest absolute Gasteiger partial charge is 0.350 e. The Balaban J connectivity index is 2.69. The van der Waals surface area contributed by atoms with Gasteiger partial charge in [0.1, 0.15) is 9.71 Å². The Labute approximate surface area is 121 Å². The van der Waals surface area contributed by atoms with Crippen LogP contribution in [-0.2, 0) is 9.53 Å². The molecule has 0 saturated carbocycles. The maximum Gasteiger partial charge on any atom is 0.350 e. The first-order valence-corrected chi connectivity index (χ1v) is 7.11. The highest BCUT2D eigenvalue weighted by Gasteiger charge is 2.22. The molecule has 106 valence electrons. The van der Waals surface area contributed by atoms with Crippen molar-refractivity contribution in [2.24, 2.45) is 0 Å². The molecule has 0 aromatic carbocycles. The summed E-state index contributed by atoms with van der Waals surface area (Å²) in [6.07, 6.45) is 0. The van der Waals surface area contributed by atoms with E-state index in [0.29, 0.717) is 10.6 Å². The minimum Gasteiger partial charge on any atom is -0.462 e. The molecule has 0 fully saturated rings. The Bertz CT molecular complexity index is 691. The van der Waals surface area contributed by atoms with Crippen molar-refractivity contribution in [3.05, 3.63) is 22.2 Å². The monoisotopic (exact) mass is 292 g/mol. The highest BCUT2D eigenvalue weighted by molar-refractivity contribution is 7.21. The number of amides is 1. The van der Waals surface area contributed by atoms with Crippen LogP contribution in [0.5, 0.6) is 0 Å². The molecular weight excluding hydrogens is 276 g/mol. The second-order valence-corrected chi connectivity index (χ2v) is 5.47. The average Bonchev–Trinajstić information content (AvgIpc) is 2.67. The summed E-state index contributed by atoms with van der Waals surface area (Å²) in [6, 6.07) is 1.93. The number of nitrogens with one attached hydrogen (secondary N) is 1. The van der Waals surface area contributed by atoms with Gasteiger partial charge in [0.05, 0.1) is 12.3 Å². The van der Waals surface area contributed by atoms with Gasteiger partial charge in [0.25, 0.3) is 0 Å². The first-order valence-electron chi connectivity index (χ1n) is 6.29. The van der Waals surface area contributed by atoms with Gasteiger partial charge in [0.15, 0.2) is 0 Å². The number of ether oxygens (including phenoxy) is 1. The fraction of sp³-hybridized carbons (Fsp3) is 0.357. The predicted octanol–water partition coefficient (Wildman–Crippen LogP) is 3.05. The molecule has 5 nitrogen and oxygen atoms in total. The zero-order valence-electron chi connectivity index (χ0n) is 11.9. The number of nitrogens with zero attached hydrogens (tertiary/aromatic N) is 1. The molecule has 2 aromatic heterocycles. The summed E-state index contributed by atoms with van der Waals surface area (Å²) in [5.74, 6) is -0.661. The number of carbonyl (C=O) groups excluding carboxylic acids is 2. The van der Waals surface area contributed by atoms with Crippen LogP contribution in [0.4, 0.5) is 5.69 Å². The lowest BCUT2D eigenvalue weighted by atomic mass is 10.1. The SMILES string of the molecule is CCOC(=O)c1sc2nc(C)cc(C)c2c1NC(C)=O. The first-order chi connectivity index (χ1) is 9.43. The number of thiophene rings is 1. The molecule has 0 bridgehead atoms. The first kappa shape index (κ1) is 14.5. The lowest BCUT2D eigenvalue weighted by molar-refractivity contribution is -0.114. The van der Waals surface area contributed by atoms with Crippen LogP contribution in [0.15, 0.2) is 6.07 Å². The average molecular weight is 292 g/mol. The van der Waals surface area contributed by atoms with Crippen LogP contribution in [0, 0.1) is 13.8 Å². The van der Waals surface area contributed by atoms with E-state index in [4.69, 9.17) is 4.74 Å². The summed E-state index contributed by atoms with van der Waals surface area (Å²) in [5.41, 5.74) is 2.35. The van der Waals surface area contributed by atoms with Gasteiger partial charge in [-0.05, 0) is 32.4 Å². The quantitative estimate of drug-likeness (QED) is 0.883. The molecule has 2 rings (SSSR count). The third kappa shape index (κ3) is 2.65. The van der Waals surface area contributed by atoms with Gasteiger partial charge in [-0.3, -0.25) is 4.79 Å². The van der Waals surface area contributed by atoms with Crippen LogP contribution >= 0.6 is 11.3 Å². The lowest BCUT2D eigenvalue weighted by Crippen LogP contribution is -2.11. The molecule has 6 heteroatoms. The van der Waals surface area contributed by atoms with Crippen molar-refractivity contribution in [3.8, 4) is 0 Å². The van der Waals surface area contributed by atoms with E-state index < -0.39 is 5.97 Å². The van der Waals surface area contributed by atoms with Crippen molar-refractivity contribution in [3.63, 3.8) is 0 Å². The maximum absolute atomic E-state index is 12.0. The molecule has 20 heavy (non-hydrogen) atoms. The highest BCUT2D eigenvalue weighted by Crippen LogP contribution is 2.37. The molecule has 1 N–H and O–H groups in total. The normalized spacial score (nSPS) is 10.6. The van der Waals surface area contributed by atoms with Crippen LogP contribution in [0.2, 0.25) is 0 Å². The number of hydrogen-bond donors (Lipinski definition) is 1. The lowest BCUT2D eigenvalue weighted by Gasteiger charge is -2.06. The van der Waals surface area contributed by atoms with Crippen molar-refractivity contribution in [1.29, 1.82) is 0 Å². The third-order valence-electron chi connectivity index (χ3n) is 2.75. The number of aromatic nitrogens is 1. The number of esters is 1. The van der Waals surface area contributed by atoms with Gasteiger partial charge in [-0.2, -0.15) is 0 Å². The van der Waals surface area contributed by atoms with Gasteiger partial charge in [0.2, 0.25) is 5.91 Å². The zero-order valence-corrected chi connectivity index (χ0v) is 12.7. The molecule has 0 aliphatic rings. The van der Waals surface area contributed by atoms with Crippen LogP contribution in [0.25, 0.3) is 10.2 Å². The number of pyridine rings is 1. The summed E-state index contributed by atoms with van der Waals surface area (Å²) in [4.78, 5) is 29.0. The Morgan fingerprint density at radius 1 is 1.40 bits per heavy atom. The van der Waals surface area contributed by atoms with Crippen molar-refractivity contribution in [2.45, 2.75) is 27.7 Å². The Morgan fingerprint density at radius 3 is 2.70 bits per heavy atom. The van der Waals surface area contributed by atoms with Gasteiger partial charge >= 0.3 is 5.97 Å². The van der Waals surface area contributed by atoms with Gasteiger partial charge in [-0.25, -0.2) is 9.78 Å². The van der Waals surface area contributed by atoms with E-state index >= 15 is 0 Å². The number of hydrogen-bond acceptors (Lipinski definition) is 5. The summed E-state index contributed by atoms with van der Waals surface area (Å²) >= 11 is 1.24. The molecule has 0 aliphatic carbocycles. The van der Waals surface area contributed by atoms with E-state index in [1.165, 1.54) is 18.3 Å². The van der Waals surface area contributed by atoms with Crippen LogP contribution in [0.1, 0.15) is 34.8 Å². The number of anilines is 1.